The third kappa shape index (κ3) is 4.97. The van der Waals surface area contributed by atoms with E-state index in [0.29, 0.717) is 12.0 Å². The minimum atomic E-state index is 0.316. The van der Waals surface area contributed by atoms with Gasteiger partial charge in [0.2, 0.25) is 0 Å². The van der Waals surface area contributed by atoms with E-state index in [1.54, 1.807) is 6.26 Å². The fourth-order valence-electron chi connectivity index (χ4n) is 2.76. The fraction of sp³-hybridized carbons (Fsp3) is 0.733. The molecule has 1 fully saturated rings. The van der Waals surface area contributed by atoms with Crippen LogP contribution >= 0.6 is 0 Å². The van der Waals surface area contributed by atoms with Crippen molar-refractivity contribution in [2.75, 3.05) is 32.7 Å². The predicted molar refractivity (Wildman–Crippen MR) is 77.9 cm³/mol. The van der Waals surface area contributed by atoms with Crippen LogP contribution in [0.3, 0.4) is 0 Å². The second-order valence-corrected chi connectivity index (χ2v) is 6.05. The van der Waals surface area contributed by atoms with Gasteiger partial charge in [-0.15, -0.1) is 0 Å². The number of hydrogen-bond donors (Lipinski definition) is 1. The molecule has 1 atom stereocenters. The van der Waals surface area contributed by atoms with E-state index in [-0.39, 0.29) is 0 Å². The molecule has 0 amide bonds. The molecule has 1 aromatic heterocycles. The van der Waals surface area contributed by atoms with E-state index in [0.717, 1.165) is 51.4 Å². The lowest BCUT2D eigenvalue weighted by molar-refractivity contribution is 0.114. The van der Waals surface area contributed by atoms with Gasteiger partial charge in [-0.25, -0.2) is 0 Å². The Morgan fingerprint density at radius 2 is 1.89 bits per heavy atom. The van der Waals surface area contributed by atoms with E-state index in [1.165, 1.54) is 0 Å². The average molecular weight is 265 g/mol. The van der Waals surface area contributed by atoms with Gasteiger partial charge in [0.05, 0.1) is 12.8 Å². The Kier molecular flexibility index (Phi) is 5.43. The molecule has 0 radical (unpaired) electrons. The number of furan rings is 1. The Bertz CT molecular complexity index is 342. The van der Waals surface area contributed by atoms with E-state index < -0.39 is 0 Å². The highest BCUT2D eigenvalue weighted by molar-refractivity contribution is 4.98. The second-order valence-electron chi connectivity index (χ2n) is 6.05. The van der Waals surface area contributed by atoms with Crippen LogP contribution in [-0.4, -0.2) is 48.6 Å². The first-order valence-electron chi connectivity index (χ1n) is 7.36. The van der Waals surface area contributed by atoms with Crippen molar-refractivity contribution >= 4 is 0 Å². The first kappa shape index (κ1) is 14.6. The molecule has 0 bridgehead atoms. The summed E-state index contributed by atoms with van der Waals surface area (Å²) >= 11 is 0. The van der Waals surface area contributed by atoms with Gasteiger partial charge >= 0.3 is 0 Å². The van der Waals surface area contributed by atoms with Crippen molar-refractivity contribution < 1.29 is 4.42 Å². The molecule has 1 aliphatic heterocycles. The van der Waals surface area contributed by atoms with Crippen molar-refractivity contribution in [3.8, 4) is 0 Å². The maximum atomic E-state index is 6.18. The molecule has 2 N–H and O–H groups in total. The molecule has 0 spiro atoms. The van der Waals surface area contributed by atoms with Crippen LogP contribution in [0.15, 0.2) is 22.8 Å². The lowest BCUT2D eigenvalue weighted by atomic mass is 10.0. The van der Waals surface area contributed by atoms with Crippen LogP contribution in [0.1, 0.15) is 26.0 Å². The molecule has 19 heavy (non-hydrogen) atoms. The number of piperazine rings is 1. The summed E-state index contributed by atoms with van der Waals surface area (Å²) in [5, 5.41) is 0. The van der Waals surface area contributed by atoms with Gasteiger partial charge in [-0.3, -0.25) is 9.80 Å². The number of nitrogens with two attached hydrogens (primary N) is 1. The molecule has 1 aliphatic rings. The molecular weight excluding hydrogens is 238 g/mol. The molecule has 1 aromatic rings. The van der Waals surface area contributed by atoms with Crippen molar-refractivity contribution in [3.63, 3.8) is 0 Å². The molecule has 0 saturated carbocycles. The Labute approximate surface area is 116 Å². The van der Waals surface area contributed by atoms with Gasteiger partial charge in [0.15, 0.2) is 0 Å². The van der Waals surface area contributed by atoms with Crippen LogP contribution < -0.4 is 5.73 Å². The lowest BCUT2D eigenvalue weighted by Gasteiger charge is -2.35. The Morgan fingerprint density at radius 1 is 1.21 bits per heavy atom. The minimum absolute atomic E-state index is 0.316. The largest absolute Gasteiger partial charge is 0.468 e. The first-order chi connectivity index (χ1) is 9.13. The highest BCUT2D eigenvalue weighted by Crippen LogP contribution is 2.10. The quantitative estimate of drug-likeness (QED) is 0.851. The zero-order valence-corrected chi connectivity index (χ0v) is 12.2. The van der Waals surface area contributed by atoms with Crippen molar-refractivity contribution in [2.24, 2.45) is 11.7 Å². The summed E-state index contributed by atoms with van der Waals surface area (Å²) in [7, 11) is 0. The minimum Gasteiger partial charge on any atom is -0.468 e. The Hall–Kier alpha value is -0.840. The van der Waals surface area contributed by atoms with Crippen LogP contribution in [0, 0.1) is 5.92 Å². The van der Waals surface area contributed by atoms with Gasteiger partial charge in [-0.1, -0.05) is 13.8 Å². The van der Waals surface area contributed by atoms with Crippen molar-refractivity contribution in [1.82, 2.24) is 9.80 Å². The molecule has 2 rings (SSSR count). The van der Waals surface area contributed by atoms with E-state index in [9.17, 15) is 0 Å². The topological polar surface area (TPSA) is 45.6 Å². The molecule has 0 aliphatic carbocycles. The summed E-state index contributed by atoms with van der Waals surface area (Å²) in [4.78, 5) is 4.94. The molecule has 0 unspecified atom stereocenters. The molecule has 0 aromatic carbocycles. The molecule has 2 heterocycles. The van der Waals surface area contributed by atoms with Gasteiger partial charge in [0.1, 0.15) is 5.76 Å². The van der Waals surface area contributed by atoms with Crippen molar-refractivity contribution in [2.45, 2.75) is 32.9 Å². The SMILES string of the molecule is CC(C)C[C@H](N)CN1CCN(Cc2ccco2)CC1. The van der Waals surface area contributed by atoms with Crippen LogP contribution in [0.25, 0.3) is 0 Å². The zero-order valence-electron chi connectivity index (χ0n) is 12.2. The van der Waals surface area contributed by atoms with Crippen LogP contribution in [0.2, 0.25) is 0 Å². The highest BCUT2D eigenvalue weighted by Gasteiger charge is 2.19. The first-order valence-corrected chi connectivity index (χ1v) is 7.36. The van der Waals surface area contributed by atoms with Gasteiger partial charge in [0, 0.05) is 38.8 Å². The number of hydrogen-bond acceptors (Lipinski definition) is 4. The van der Waals surface area contributed by atoms with E-state index in [4.69, 9.17) is 10.2 Å². The zero-order chi connectivity index (χ0) is 13.7. The highest BCUT2D eigenvalue weighted by atomic mass is 16.3. The maximum Gasteiger partial charge on any atom is 0.117 e. The predicted octanol–water partition coefficient (Wildman–Crippen LogP) is 1.77. The summed E-state index contributed by atoms with van der Waals surface area (Å²) in [6.45, 7) is 10.9. The summed E-state index contributed by atoms with van der Waals surface area (Å²) in [6.07, 6.45) is 2.86. The Morgan fingerprint density at radius 3 is 2.47 bits per heavy atom. The van der Waals surface area contributed by atoms with Gasteiger partial charge in [0.25, 0.3) is 0 Å². The summed E-state index contributed by atoms with van der Waals surface area (Å²) in [6, 6.07) is 4.32. The normalized spacial score (nSPS) is 20.0. The monoisotopic (exact) mass is 265 g/mol. The van der Waals surface area contributed by atoms with E-state index >= 15 is 0 Å². The van der Waals surface area contributed by atoms with Crippen molar-refractivity contribution in [1.29, 1.82) is 0 Å². The lowest BCUT2D eigenvalue weighted by Crippen LogP contribution is -2.49. The third-order valence-corrected chi connectivity index (χ3v) is 3.69. The van der Waals surface area contributed by atoms with Crippen LogP contribution in [0.4, 0.5) is 0 Å². The van der Waals surface area contributed by atoms with Crippen molar-refractivity contribution in [3.05, 3.63) is 24.2 Å². The van der Waals surface area contributed by atoms with Crippen LogP contribution in [-0.2, 0) is 6.54 Å². The molecular formula is C15H27N3O. The van der Waals surface area contributed by atoms with E-state index in [2.05, 4.69) is 23.6 Å². The van der Waals surface area contributed by atoms with Gasteiger partial charge in [-0.2, -0.15) is 0 Å². The number of nitrogens with zero attached hydrogens (tertiary/aromatic N) is 2. The number of rotatable bonds is 6. The molecule has 4 nitrogen and oxygen atoms in total. The maximum absolute atomic E-state index is 6.18. The average Bonchev–Trinajstić information content (AvgIpc) is 2.83. The van der Waals surface area contributed by atoms with E-state index in [1.807, 2.05) is 12.1 Å². The fourth-order valence-corrected chi connectivity index (χ4v) is 2.76. The molecule has 4 heteroatoms. The summed E-state index contributed by atoms with van der Waals surface area (Å²) in [5.74, 6) is 1.75. The second kappa shape index (κ2) is 7.08. The summed E-state index contributed by atoms with van der Waals surface area (Å²) in [5.41, 5.74) is 6.18. The standard InChI is InChI=1S/C15H27N3O/c1-13(2)10-14(16)11-17-5-7-18(8-6-17)12-15-4-3-9-19-15/h3-4,9,13-14H,5-8,10-12,16H2,1-2H3/t14-/m0/s1. The summed E-state index contributed by atoms with van der Waals surface area (Å²) < 4.78 is 5.40. The van der Waals surface area contributed by atoms with Gasteiger partial charge < -0.3 is 10.2 Å². The third-order valence-electron chi connectivity index (χ3n) is 3.69. The smallest absolute Gasteiger partial charge is 0.117 e. The molecule has 1 saturated heterocycles. The van der Waals surface area contributed by atoms with Crippen LogP contribution in [0.5, 0.6) is 0 Å². The Balaban J connectivity index is 1.67. The molecule has 108 valence electrons. The van der Waals surface area contributed by atoms with Gasteiger partial charge in [-0.05, 0) is 24.5 Å².